The third-order valence-corrected chi connectivity index (χ3v) is 4.98. The van der Waals surface area contributed by atoms with E-state index in [0.29, 0.717) is 10.6 Å². The van der Waals surface area contributed by atoms with E-state index in [-0.39, 0.29) is 5.91 Å². The predicted molar refractivity (Wildman–Crippen MR) is 102 cm³/mol. The van der Waals surface area contributed by atoms with Gasteiger partial charge in [-0.15, -0.1) is 0 Å². The molecule has 0 saturated carbocycles. The minimum atomic E-state index is -0.102. The highest BCUT2D eigenvalue weighted by Crippen LogP contribution is 2.26. The molecule has 4 nitrogen and oxygen atoms in total. The number of benzene rings is 2. The smallest absolute Gasteiger partial charge is 0.256 e. The summed E-state index contributed by atoms with van der Waals surface area (Å²) in [6.45, 7) is 3.14. The number of aromatic amines is 1. The standard InChI is InChI=1S/C20H20ClN3O/c21-15-6-8-16(9-7-15)23-20(25)17-4-3-5-18-19(17)14(12-22-18)13-24-10-1-2-11-24/h3-9,12,22H,1-2,10-11,13H2,(H,23,25). The summed E-state index contributed by atoms with van der Waals surface area (Å²) in [6.07, 6.45) is 4.54. The molecular weight excluding hydrogens is 334 g/mol. The summed E-state index contributed by atoms with van der Waals surface area (Å²) in [7, 11) is 0. The summed E-state index contributed by atoms with van der Waals surface area (Å²) in [5.74, 6) is -0.102. The second-order valence-corrected chi connectivity index (χ2v) is 6.92. The Morgan fingerprint density at radius 2 is 1.88 bits per heavy atom. The number of hydrogen-bond acceptors (Lipinski definition) is 2. The molecule has 0 atom stereocenters. The molecule has 0 bridgehead atoms. The van der Waals surface area contributed by atoms with E-state index in [1.807, 2.05) is 36.5 Å². The van der Waals surface area contributed by atoms with Gasteiger partial charge in [0, 0.05) is 39.9 Å². The molecule has 1 aromatic heterocycles. The molecule has 1 fully saturated rings. The Hall–Kier alpha value is -2.30. The topological polar surface area (TPSA) is 48.1 Å². The van der Waals surface area contributed by atoms with Crippen molar-refractivity contribution in [1.29, 1.82) is 0 Å². The van der Waals surface area contributed by atoms with Crippen molar-refractivity contribution in [3.63, 3.8) is 0 Å². The lowest BCUT2D eigenvalue weighted by molar-refractivity contribution is 0.102. The second kappa shape index (κ2) is 6.90. The minimum Gasteiger partial charge on any atom is -0.361 e. The fourth-order valence-electron chi connectivity index (χ4n) is 3.48. The molecule has 2 heterocycles. The lowest BCUT2D eigenvalue weighted by atomic mass is 10.0. The van der Waals surface area contributed by atoms with Crippen molar-refractivity contribution in [2.45, 2.75) is 19.4 Å². The van der Waals surface area contributed by atoms with Crippen molar-refractivity contribution in [3.05, 3.63) is 64.8 Å². The number of nitrogens with zero attached hydrogens (tertiary/aromatic N) is 1. The van der Waals surface area contributed by atoms with Gasteiger partial charge in [-0.25, -0.2) is 0 Å². The van der Waals surface area contributed by atoms with E-state index in [2.05, 4.69) is 15.2 Å². The molecule has 4 rings (SSSR count). The maximum Gasteiger partial charge on any atom is 0.256 e. The number of H-pyrrole nitrogens is 1. The monoisotopic (exact) mass is 353 g/mol. The van der Waals surface area contributed by atoms with E-state index in [9.17, 15) is 4.79 Å². The van der Waals surface area contributed by atoms with Crippen LogP contribution < -0.4 is 5.32 Å². The molecule has 1 aliphatic rings. The van der Waals surface area contributed by atoms with Gasteiger partial charge in [-0.2, -0.15) is 0 Å². The first kappa shape index (κ1) is 16.2. The zero-order chi connectivity index (χ0) is 17.2. The number of rotatable bonds is 4. The Kier molecular flexibility index (Phi) is 4.47. The average Bonchev–Trinajstić information content (AvgIpc) is 3.27. The number of carbonyl (C=O) groups is 1. The van der Waals surface area contributed by atoms with Gasteiger partial charge in [0.15, 0.2) is 0 Å². The van der Waals surface area contributed by atoms with Crippen LogP contribution in [0, 0.1) is 0 Å². The molecule has 1 saturated heterocycles. The first-order chi connectivity index (χ1) is 12.2. The number of nitrogens with one attached hydrogen (secondary N) is 2. The summed E-state index contributed by atoms with van der Waals surface area (Å²) < 4.78 is 0. The van der Waals surface area contributed by atoms with Crippen molar-refractivity contribution in [1.82, 2.24) is 9.88 Å². The first-order valence-corrected chi connectivity index (χ1v) is 8.97. The van der Waals surface area contributed by atoms with Crippen LogP contribution in [0.5, 0.6) is 0 Å². The van der Waals surface area contributed by atoms with E-state index >= 15 is 0 Å². The zero-order valence-corrected chi connectivity index (χ0v) is 14.6. The highest BCUT2D eigenvalue weighted by molar-refractivity contribution is 6.30. The Morgan fingerprint density at radius 3 is 2.64 bits per heavy atom. The maximum absolute atomic E-state index is 12.8. The minimum absolute atomic E-state index is 0.102. The highest BCUT2D eigenvalue weighted by atomic mass is 35.5. The number of amides is 1. The van der Waals surface area contributed by atoms with Gasteiger partial charge in [0.25, 0.3) is 5.91 Å². The largest absolute Gasteiger partial charge is 0.361 e. The number of anilines is 1. The summed E-state index contributed by atoms with van der Waals surface area (Å²) in [6, 6.07) is 13.0. The third kappa shape index (κ3) is 3.41. The van der Waals surface area contributed by atoms with Gasteiger partial charge in [-0.3, -0.25) is 9.69 Å². The molecular formula is C20H20ClN3O. The van der Waals surface area contributed by atoms with E-state index in [4.69, 9.17) is 11.6 Å². The van der Waals surface area contributed by atoms with Gasteiger partial charge in [0.05, 0.1) is 0 Å². The molecule has 5 heteroatoms. The highest BCUT2D eigenvalue weighted by Gasteiger charge is 2.18. The summed E-state index contributed by atoms with van der Waals surface area (Å²) in [5.41, 5.74) is 3.61. The SMILES string of the molecule is O=C(Nc1ccc(Cl)cc1)c1cccc2[nH]cc(CN3CCCC3)c12. The maximum atomic E-state index is 12.8. The van der Waals surface area contributed by atoms with E-state index in [1.165, 1.54) is 18.4 Å². The van der Waals surface area contributed by atoms with Gasteiger partial charge in [0.1, 0.15) is 0 Å². The Labute approximate surface area is 151 Å². The number of carbonyl (C=O) groups excluding carboxylic acids is 1. The molecule has 2 aromatic carbocycles. The van der Waals surface area contributed by atoms with Crippen molar-refractivity contribution in [2.24, 2.45) is 0 Å². The van der Waals surface area contributed by atoms with Crippen LogP contribution in [0.4, 0.5) is 5.69 Å². The van der Waals surface area contributed by atoms with Crippen LogP contribution in [0.2, 0.25) is 5.02 Å². The number of fused-ring (bicyclic) bond motifs is 1. The lowest BCUT2D eigenvalue weighted by Crippen LogP contribution is -2.19. The van der Waals surface area contributed by atoms with Crippen LogP contribution in [-0.2, 0) is 6.54 Å². The second-order valence-electron chi connectivity index (χ2n) is 6.49. The number of aromatic nitrogens is 1. The van der Waals surface area contributed by atoms with Gasteiger partial charge >= 0.3 is 0 Å². The van der Waals surface area contributed by atoms with Gasteiger partial charge < -0.3 is 10.3 Å². The Bertz CT molecular complexity index is 895. The summed E-state index contributed by atoms with van der Waals surface area (Å²) >= 11 is 5.91. The van der Waals surface area contributed by atoms with Crippen LogP contribution in [0.1, 0.15) is 28.8 Å². The molecule has 0 unspecified atom stereocenters. The molecule has 0 aliphatic carbocycles. The van der Waals surface area contributed by atoms with Crippen LogP contribution in [0.25, 0.3) is 10.9 Å². The van der Waals surface area contributed by atoms with E-state index < -0.39 is 0 Å². The van der Waals surface area contributed by atoms with Crippen molar-refractivity contribution in [3.8, 4) is 0 Å². The van der Waals surface area contributed by atoms with Crippen LogP contribution >= 0.6 is 11.6 Å². The molecule has 3 aromatic rings. The lowest BCUT2D eigenvalue weighted by Gasteiger charge is -2.14. The third-order valence-electron chi connectivity index (χ3n) is 4.73. The number of likely N-dealkylation sites (tertiary alicyclic amines) is 1. The van der Waals surface area contributed by atoms with Crippen molar-refractivity contribution < 1.29 is 4.79 Å². The van der Waals surface area contributed by atoms with E-state index in [0.717, 1.165) is 36.2 Å². The molecule has 1 aliphatic heterocycles. The fourth-order valence-corrected chi connectivity index (χ4v) is 3.61. The molecule has 25 heavy (non-hydrogen) atoms. The Morgan fingerprint density at radius 1 is 1.12 bits per heavy atom. The quantitative estimate of drug-likeness (QED) is 0.716. The van der Waals surface area contributed by atoms with Crippen molar-refractivity contribution in [2.75, 3.05) is 18.4 Å². The van der Waals surface area contributed by atoms with Crippen LogP contribution in [0.15, 0.2) is 48.7 Å². The first-order valence-electron chi connectivity index (χ1n) is 8.59. The molecule has 1 amide bonds. The predicted octanol–water partition coefficient (Wildman–Crippen LogP) is 4.67. The van der Waals surface area contributed by atoms with Gasteiger partial charge in [-0.05, 0) is 67.9 Å². The van der Waals surface area contributed by atoms with E-state index in [1.54, 1.807) is 12.1 Å². The number of hydrogen-bond donors (Lipinski definition) is 2. The van der Waals surface area contributed by atoms with Gasteiger partial charge in [0.2, 0.25) is 0 Å². The summed E-state index contributed by atoms with van der Waals surface area (Å²) in [5, 5.41) is 4.63. The van der Waals surface area contributed by atoms with Crippen molar-refractivity contribution >= 4 is 34.1 Å². The normalized spacial score (nSPS) is 14.9. The average molecular weight is 354 g/mol. The molecule has 2 N–H and O–H groups in total. The van der Waals surface area contributed by atoms with Crippen LogP contribution in [0.3, 0.4) is 0 Å². The zero-order valence-electron chi connectivity index (χ0n) is 13.9. The molecule has 0 radical (unpaired) electrons. The Balaban J connectivity index is 1.64. The molecule has 0 spiro atoms. The number of halogens is 1. The van der Waals surface area contributed by atoms with Gasteiger partial charge in [-0.1, -0.05) is 17.7 Å². The van der Waals surface area contributed by atoms with Crippen LogP contribution in [-0.4, -0.2) is 28.9 Å². The summed E-state index contributed by atoms with van der Waals surface area (Å²) in [4.78, 5) is 18.6. The molecule has 128 valence electrons. The fraction of sp³-hybridized carbons (Fsp3) is 0.250.